The molecule has 1 nitrogen and oxygen atoms in total. The Morgan fingerprint density at radius 2 is 2.07 bits per heavy atom. The van der Waals surface area contributed by atoms with Crippen molar-refractivity contribution in [1.29, 1.82) is 0 Å². The van der Waals surface area contributed by atoms with E-state index in [4.69, 9.17) is 11.6 Å². The van der Waals surface area contributed by atoms with Crippen LogP contribution < -0.4 is 0 Å². The van der Waals surface area contributed by atoms with Crippen LogP contribution in [0.1, 0.15) is 39.0 Å². The number of alkyl halides is 2. The molecule has 0 unspecified atom stereocenters. The molecule has 1 saturated heterocycles. The number of hydrogen-bond donors (Lipinski definition) is 0. The van der Waals surface area contributed by atoms with E-state index in [0.717, 1.165) is 19.0 Å². The third-order valence-electron chi connectivity index (χ3n) is 3.30. The van der Waals surface area contributed by atoms with Gasteiger partial charge in [0.05, 0.1) is 5.88 Å². The van der Waals surface area contributed by atoms with Crippen LogP contribution in [0.4, 0.5) is 4.39 Å². The second-order valence-corrected chi connectivity index (χ2v) is 4.95. The number of rotatable bonds is 6. The second kappa shape index (κ2) is 7.45. The summed E-state index contributed by atoms with van der Waals surface area (Å²) in [5.74, 6) is 1.02. The molecule has 0 amide bonds. The molecule has 3 heteroatoms. The molecule has 0 bridgehead atoms. The molecule has 15 heavy (non-hydrogen) atoms. The van der Waals surface area contributed by atoms with E-state index >= 15 is 0 Å². The molecule has 1 heterocycles. The van der Waals surface area contributed by atoms with Crippen LogP contribution in [-0.2, 0) is 0 Å². The largest absolute Gasteiger partial charge is 0.300 e. The van der Waals surface area contributed by atoms with Gasteiger partial charge in [0.1, 0.15) is 6.17 Å². The molecular formula is C12H23ClFN. The zero-order chi connectivity index (χ0) is 11.1. The van der Waals surface area contributed by atoms with E-state index in [2.05, 4.69) is 11.8 Å². The summed E-state index contributed by atoms with van der Waals surface area (Å²) in [5.41, 5.74) is 0. The second-order valence-electron chi connectivity index (χ2n) is 4.64. The number of likely N-dealkylation sites (tertiary alicyclic amines) is 1. The molecule has 1 aliphatic rings. The standard InChI is InChI=1S/C12H23ClFN/c1-2-3-4-11-5-7-15(8-6-11)10-12(14)9-13/h11-12H,2-10H2,1H3/t12-/m0/s1. The average molecular weight is 236 g/mol. The van der Waals surface area contributed by atoms with Crippen LogP contribution in [0, 0.1) is 5.92 Å². The van der Waals surface area contributed by atoms with Crippen molar-refractivity contribution < 1.29 is 4.39 Å². The highest BCUT2D eigenvalue weighted by Gasteiger charge is 2.20. The first-order valence-corrected chi connectivity index (χ1v) is 6.72. The van der Waals surface area contributed by atoms with Gasteiger partial charge in [-0.15, -0.1) is 11.6 Å². The molecule has 1 atom stereocenters. The number of halogens is 2. The minimum Gasteiger partial charge on any atom is -0.300 e. The zero-order valence-electron chi connectivity index (χ0n) is 9.72. The average Bonchev–Trinajstić information content (AvgIpc) is 2.28. The Bertz CT molecular complexity index is 158. The van der Waals surface area contributed by atoms with E-state index < -0.39 is 6.17 Å². The van der Waals surface area contributed by atoms with Crippen molar-refractivity contribution in [2.75, 3.05) is 25.5 Å². The van der Waals surface area contributed by atoms with Gasteiger partial charge in [0.15, 0.2) is 0 Å². The molecule has 0 N–H and O–H groups in total. The van der Waals surface area contributed by atoms with Crippen LogP contribution in [0.2, 0.25) is 0 Å². The fraction of sp³-hybridized carbons (Fsp3) is 1.00. The van der Waals surface area contributed by atoms with Crippen LogP contribution in [0.3, 0.4) is 0 Å². The minimum absolute atomic E-state index is 0.135. The molecule has 0 aliphatic carbocycles. The van der Waals surface area contributed by atoms with Crippen molar-refractivity contribution in [3.8, 4) is 0 Å². The van der Waals surface area contributed by atoms with E-state index in [0.29, 0.717) is 6.54 Å². The summed E-state index contributed by atoms with van der Waals surface area (Å²) in [6, 6.07) is 0. The topological polar surface area (TPSA) is 3.24 Å². The van der Waals surface area contributed by atoms with Gasteiger partial charge in [-0.3, -0.25) is 0 Å². The molecule has 0 saturated carbocycles. The van der Waals surface area contributed by atoms with E-state index in [1.807, 2.05) is 0 Å². The van der Waals surface area contributed by atoms with Gasteiger partial charge in [-0.1, -0.05) is 26.2 Å². The monoisotopic (exact) mass is 235 g/mol. The van der Waals surface area contributed by atoms with Crippen molar-refractivity contribution >= 4 is 11.6 Å². The summed E-state index contributed by atoms with van der Waals surface area (Å²) in [7, 11) is 0. The Morgan fingerprint density at radius 3 is 2.60 bits per heavy atom. The van der Waals surface area contributed by atoms with Crippen LogP contribution in [0.5, 0.6) is 0 Å². The summed E-state index contributed by atoms with van der Waals surface area (Å²) in [6.07, 6.45) is 5.64. The maximum absolute atomic E-state index is 13.0. The van der Waals surface area contributed by atoms with Crippen molar-refractivity contribution in [1.82, 2.24) is 4.90 Å². The van der Waals surface area contributed by atoms with E-state index in [-0.39, 0.29) is 5.88 Å². The lowest BCUT2D eigenvalue weighted by Gasteiger charge is -2.32. The van der Waals surface area contributed by atoms with Crippen molar-refractivity contribution in [2.45, 2.75) is 45.2 Å². The Hall–Kier alpha value is 0.180. The fourth-order valence-corrected chi connectivity index (χ4v) is 2.38. The fourth-order valence-electron chi connectivity index (χ4n) is 2.28. The minimum atomic E-state index is -0.848. The lowest BCUT2D eigenvalue weighted by Crippen LogP contribution is -2.38. The predicted molar refractivity (Wildman–Crippen MR) is 64.3 cm³/mol. The molecule has 0 aromatic rings. The van der Waals surface area contributed by atoms with Crippen LogP contribution in [-0.4, -0.2) is 36.6 Å². The predicted octanol–water partition coefficient (Wildman–Crippen LogP) is 3.47. The van der Waals surface area contributed by atoms with Gasteiger partial charge in [0, 0.05) is 6.54 Å². The van der Waals surface area contributed by atoms with Crippen LogP contribution in [0.25, 0.3) is 0 Å². The number of piperidine rings is 1. The summed E-state index contributed by atoms with van der Waals surface area (Å²) >= 11 is 5.47. The summed E-state index contributed by atoms with van der Waals surface area (Å²) in [5, 5.41) is 0. The molecule has 1 rings (SSSR count). The lowest BCUT2D eigenvalue weighted by atomic mass is 9.91. The van der Waals surface area contributed by atoms with Gasteiger partial charge >= 0.3 is 0 Å². The lowest BCUT2D eigenvalue weighted by molar-refractivity contribution is 0.144. The van der Waals surface area contributed by atoms with Crippen LogP contribution in [0.15, 0.2) is 0 Å². The Balaban J connectivity index is 2.12. The molecule has 0 spiro atoms. The van der Waals surface area contributed by atoms with Crippen LogP contribution >= 0.6 is 11.6 Å². The Labute approximate surface area is 98.0 Å². The van der Waals surface area contributed by atoms with Gasteiger partial charge in [0.2, 0.25) is 0 Å². The highest BCUT2D eigenvalue weighted by atomic mass is 35.5. The van der Waals surface area contributed by atoms with Gasteiger partial charge < -0.3 is 4.90 Å². The molecule has 0 radical (unpaired) electrons. The summed E-state index contributed by atoms with van der Waals surface area (Å²) in [4.78, 5) is 2.22. The van der Waals surface area contributed by atoms with Crippen molar-refractivity contribution in [3.63, 3.8) is 0 Å². The number of unbranched alkanes of at least 4 members (excludes halogenated alkanes) is 1. The third-order valence-corrected chi connectivity index (χ3v) is 3.63. The van der Waals surface area contributed by atoms with Crippen molar-refractivity contribution in [2.24, 2.45) is 5.92 Å². The van der Waals surface area contributed by atoms with E-state index in [1.54, 1.807) is 0 Å². The Morgan fingerprint density at radius 1 is 1.40 bits per heavy atom. The van der Waals surface area contributed by atoms with Crippen molar-refractivity contribution in [3.05, 3.63) is 0 Å². The quantitative estimate of drug-likeness (QED) is 0.638. The molecule has 0 aromatic carbocycles. The summed E-state index contributed by atoms with van der Waals surface area (Å²) in [6.45, 7) is 4.89. The van der Waals surface area contributed by atoms with Gasteiger partial charge in [-0.2, -0.15) is 0 Å². The molecule has 1 fully saturated rings. The first kappa shape index (κ1) is 13.2. The molecular weight excluding hydrogens is 213 g/mol. The highest BCUT2D eigenvalue weighted by Crippen LogP contribution is 2.22. The maximum atomic E-state index is 13.0. The van der Waals surface area contributed by atoms with Gasteiger partial charge in [-0.05, 0) is 31.8 Å². The summed E-state index contributed by atoms with van der Waals surface area (Å²) < 4.78 is 13.0. The third kappa shape index (κ3) is 5.17. The van der Waals surface area contributed by atoms with Gasteiger partial charge in [-0.25, -0.2) is 4.39 Å². The highest BCUT2D eigenvalue weighted by molar-refractivity contribution is 6.18. The number of nitrogens with zero attached hydrogens (tertiary/aromatic N) is 1. The molecule has 1 aliphatic heterocycles. The Kier molecular flexibility index (Phi) is 6.58. The maximum Gasteiger partial charge on any atom is 0.126 e. The van der Waals surface area contributed by atoms with E-state index in [9.17, 15) is 4.39 Å². The number of hydrogen-bond acceptors (Lipinski definition) is 1. The smallest absolute Gasteiger partial charge is 0.126 e. The molecule has 0 aromatic heterocycles. The van der Waals surface area contributed by atoms with Gasteiger partial charge in [0.25, 0.3) is 0 Å². The molecule has 90 valence electrons. The zero-order valence-corrected chi connectivity index (χ0v) is 10.5. The normalized spacial score (nSPS) is 21.8. The first-order valence-electron chi connectivity index (χ1n) is 6.18. The SMILES string of the molecule is CCCCC1CCN(C[C@@H](F)CCl)CC1. The first-order chi connectivity index (χ1) is 7.26. The van der Waals surface area contributed by atoms with E-state index in [1.165, 1.54) is 32.1 Å².